The van der Waals surface area contributed by atoms with Crippen molar-refractivity contribution in [2.24, 2.45) is 0 Å². The molecule has 1 saturated carbocycles. The summed E-state index contributed by atoms with van der Waals surface area (Å²) < 4.78 is 30.8. The molecule has 1 aliphatic rings. The van der Waals surface area contributed by atoms with Crippen molar-refractivity contribution >= 4 is 10.0 Å². The predicted octanol–water partition coefficient (Wildman–Crippen LogP) is 1.79. The van der Waals surface area contributed by atoms with Gasteiger partial charge in [-0.25, -0.2) is 13.1 Å². The third-order valence-corrected chi connectivity index (χ3v) is 3.79. The van der Waals surface area contributed by atoms with Crippen LogP contribution in [0, 0.1) is 0 Å². The van der Waals surface area contributed by atoms with Crippen molar-refractivity contribution in [1.29, 1.82) is 0 Å². The van der Waals surface area contributed by atoms with Gasteiger partial charge in [-0.1, -0.05) is 6.58 Å². The molecule has 0 aromatic rings. The maximum Gasteiger partial charge on any atom is 0.233 e. The highest BCUT2D eigenvalue weighted by molar-refractivity contribution is 7.92. The Morgan fingerprint density at radius 3 is 2.31 bits per heavy atom. The molecule has 1 N–H and O–H groups in total. The van der Waals surface area contributed by atoms with E-state index in [1.807, 2.05) is 13.8 Å². The molecule has 4 nitrogen and oxygen atoms in total. The molecule has 0 atom stereocenters. The van der Waals surface area contributed by atoms with Crippen LogP contribution in [0.1, 0.15) is 39.5 Å². The fourth-order valence-electron chi connectivity index (χ4n) is 1.98. The summed E-state index contributed by atoms with van der Waals surface area (Å²) in [6.45, 7) is 7.32. The summed E-state index contributed by atoms with van der Waals surface area (Å²) in [5.74, 6) is 0. The number of rotatable bonds is 5. The number of nitrogens with one attached hydrogen (secondary N) is 1. The predicted molar refractivity (Wildman–Crippen MR) is 64.5 cm³/mol. The third kappa shape index (κ3) is 4.63. The van der Waals surface area contributed by atoms with E-state index >= 15 is 0 Å². The lowest BCUT2D eigenvalue weighted by Crippen LogP contribution is -2.38. The quantitative estimate of drug-likeness (QED) is 0.805. The molecular weight excluding hydrogens is 226 g/mol. The van der Waals surface area contributed by atoms with Crippen LogP contribution in [0.3, 0.4) is 0 Å². The summed E-state index contributed by atoms with van der Waals surface area (Å²) in [4.78, 5) is 0. The van der Waals surface area contributed by atoms with Gasteiger partial charge < -0.3 is 4.74 Å². The Morgan fingerprint density at radius 2 is 1.88 bits per heavy atom. The van der Waals surface area contributed by atoms with Crippen molar-refractivity contribution in [2.45, 2.75) is 57.8 Å². The summed E-state index contributed by atoms with van der Waals surface area (Å²) in [5, 5.41) is 0.962. The lowest BCUT2D eigenvalue weighted by atomic mass is 9.93. The molecule has 1 fully saturated rings. The molecular formula is C11H21NO3S. The summed E-state index contributed by atoms with van der Waals surface area (Å²) in [7, 11) is -3.29. The summed E-state index contributed by atoms with van der Waals surface area (Å²) in [6.07, 6.45) is 4.04. The average molecular weight is 247 g/mol. The topological polar surface area (TPSA) is 55.4 Å². The van der Waals surface area contributed by atoms with E-state index in [0.717, 1.165) is 31.1 Å². The van der Waals surface area contributed by atoms with E-state index in [0.29, 0.717) is 0 Å². The third-order valence-electron chi connectivity index (χ3n) is 2.69. The second-order valence-electron chi connectivity index (χ2n) is 4.49. The molecule has 94 valence electrons. The van der Waals surface area contributed by atoms with Gasteiger partial charge in [0.1, 0.15) is 0 Å². The van der Waals surface area contributed by atoms with E-state index in [2.05, 4.69) is 11.3 Å². The van der Waals surface area contributed by atoms with Gasteiger partial charge in [0.05, 0.1) is 12.2 Å². The van der Waals surface area contributed by atoms with Gasteiger partial charge in [-0.15, -0.1) is 0 Å². The molecule has 0 bridgehead atoms. The Hall–Kier alpha value is -0.390. The van der Waals surface area contributed by atoms with Crippen molar-refractivity contribution in [3.63, 3.8) is 0 Å². The minimum Gasteiger partial charge on any atom is -0.376 e. The van der Waals surface area contributed by atoms with E-state index in [1.54, 1.807) is 0 Å². The largest absolute Gasteiger partial charge is 0.376 e. The van der Waals surface area contributed by atoms with Gasteiger partial charge in [0.2, 0.25) is 10.0 Å². The van der Waals surface area contributed by atoms with Gasteiger partial charge in [-0.3, -0.25) is 0 Å². The van der Waals surface area contributed by atoms with Gasteiger partial charge in [-0.05, 0) is 39.5 Å². The van der Waals surface area contributed by atoms with Crippen molar-refractivity contribution in [3.05, 3.63) is 12.0 Å². The zero-order valence-corrected chi connectivity index (χ0v) is 10.8. The second kappa shape index (κ2) is 5.80. The first-order chi connectivity index (χ1) is 7.43. The molecule has 5 heteroatoms. The fourth-order valence-corrected chi connectivity index (χ4v) is 2.78. The number of hydrogen-bond donors (Lipinski definition) is 1. The van der Waals surface area contributed by atoms with Crippen LogP contribution in [-0.4, -0.2) is 26.7 Å². The van der Waals surface area contributed by atoms with E-state index in [9.17, 15) is 8.42 Å². The van der Waals surface area contributed by atoms with E-state index in [-0.39, 0.29) is 18.2 Å². The van der Waals surface area contributed by atoms with Crippen LogP contribution >= 0.6 is 0 Å². The van der Waals surface area contributed by atoms with Crippen LogP contribution in [-0.2, 0) is 14.8 Å². The molecule has 0 heterocycles. The Kier molecular flexibility index (Phi) is 4.95. The molecule has 0 aromatic carbocycles. The average Bonchev–Trinajstić information content (AvgIpc) is 2.20. The van der Waals surface area contributed by atoms with Gasteiger partial charge in [0.25, 0.3) is 0 Å². The highest BCUT2D eigenvalue weighted by Crippen LogP contribution is 2.22. The van der Waals surface area contributed by atoms with Gasteiger partial charge in [0.15, 0.2) is 0 Å². The maximum atomic E-state index is 11.3. The molecule has 1 aliphatic carbocycles. The molecule has 0 spiro atoms. The van der Waals surface area contributed by atoms with Crippen LogP contribution in [0.15, 0.2) is 12.0 Å². The fraction of sp³-hybridized carbons (Fsp3) is 0.818. The maximum absolute atomic E-state index is 11.3. The molecule has 0 aliphatic heterocycles. The zero-order valence-electron chi connectivity index (χ0n) is 9.98. The van der Waals surface area contributed by atoms with Crippen LogP contribution in [0.25, 0.3) is 0 Å². The van der Waals surface area contributed by atoms with E-state index < -0.39 is 10.0 Å². The smallest absolute Gasteiger partial charge is 0.233 e. The minimum absolute atomic E-state index is 0.0370. The molecule has 1 rings (SSSR count). The Bertz CT molecular complexity index is 316. The van der Waals surface area contributed by atoms with Gasteiger partial charge in [0, 0.05) is 11.4 Å². The normalized spacial score (nSPS) is 26.9. The van der Waals surface area contributed by atoms with Gasteiger partial charge in [-0.2, -0.15) is 0 Å². The highest BCUT2D eigenvalue weighted by Gasteiger charge is 2.24. The SMILES string of the molecule is C=CS(=O)(=O)NC1CCC(OC(C)C)CC1. The number of hydrogen-bond acceptors (Lipinski definition) is 3. The van der Waals surface area contributed by atoms with Gasteiger partial charge >= 0.3 is 0 Å². The Morgan fingerprint density at radius 1 is 1.31 bits per heavy atom. The van der Waals surface area contributed by atoms with Crippen molar-refractivity contribution in [2.75, 3.05) is 0 Å². The molecule has 16 heavy (non-hydrogen) atoms. The Balaban J connectivity index is 2.35. The Labute approximate surface area is 98.1 Å². The van der Waals surface area contributed by atoms with Crippen molar-refractivity contribution in [1.82, 2.24) is 4.72 Å². The zero-order chi connectivity index (χ0) is 12.2. The lowest BCUT2D eigenvalue weighted by Gasteiger charge is -2.29. The molecule has 0 saturated heterocycles. The highest BCUT2D eigenvalue weighted by atomic mass is 32.2. The van der Waals surface area contributed by atoms with Crippen LogP contribution < -0.4 is 4.72 Å². The van der Waals surface area contributed by atoms with Crippen molar-refractivity contribution < 1.29 is 13.2 Å². The monoisotopic (exact) mass is 247 g/mol. The summed E-state index contributed by atoms with van der Waals surface area (Å²) in [5.41, 5.74) is 0. The second-order valence-corrected chi connectivity index (χ2v) is 6.15. The standard InChI is InChI=1S/C11H21NO3S/c1-4-16(13,14)12-10-5-7-11(8-6-10)15-9(2)3/h4,9-12H,1,5-8H2,2-3H3. The lowest BCUT2D eigenvalue weighted by molar-refractivity contribution is -0.0150. The van der Waals surface area contributed by atoms with E-state index in [1.165, 1.54) is 0 Å². The van der Waals surface area contributed by atoms with Crippen molar-refractivity contribution in [3.8, 4) is 0 Å². The van der Waals surface area contributed by atoms with Crippen LogP contribution in [0.2, 0.25) is 0 Å². The molecule has 0 aromatic heterocycles. The first-order valence-corrected chi connectivity index (χ1v) is 7.28. The first kappa shape index (κ1) is 13.7. The summed E-state index contributed by atoms with van der Waals surface area (Å²) in [6, 6.07) is 0.0370. The number of ether oxygens (including phenoxy) is 1. The first-order valence-electron chi connectivity index (χ1n) is 5.73. The van der Waals surface area contributed by atoms with E-state index in [4.69, 9.17) is 4.74 Å². The molecule has 0 radical (unpaired) electrons. The number of sulfonamides is 1. The van der Waals surface area contributed by atoms with Crippen LogP contribution in [0.5, 0.6) is 0 Å². The summed E-state index contributed by atoms with van der Waals surface area (Å²) >= 11 is 0. The molecule has 0 unspecified atom stereocenters. The molecule has 0 amide bonds. The minimum atomic E-state index is -3.29. The van der Waals surface area contributed by atoms with Crippen LogP contribution in [0.4, 0.5) is 0 Å².